The average Bonchev–Trinajstić information content (AvgIpc) is 3.09. The molecule has 24 heavy (non-hydrogen) atoms. The fourth-order valence-electron chi connectivity index (χ4n) is 2.82. The fraction of sp³-hybridized carbons (Fsp3) is 0.312. The number of nitrogens with one attached hydrogen (secondary N) is 2. The van der Waals surface area contributed by atoms with Crippen LogP contribution in [-0.2, 0) is 11.3 Å². The predicted molar refractivity (Wildman–Crippen MR) is 92.9 cm³/mol. The van der Waals surface area contributed by atoms with E-state index in [2.05, 4.69) is 54.6 Å². The number of benzene rings is 1. The first-order valence-electron chi connectivity index (χ1n) is 7.92. The molecule has 0 spiro atoms. The molecule has 0 amide bonds. The first-order chi connectivity index (χ1) is 11.8. The Bertz CT molecular complexity index is 824. The Balaban J connectivity index is 1.46. The van der Waals surface area contributed by atoms with Crippen LogP contribution in [0.25, 0.3) is 11.0 Å². The zero-order chi connectivity index (χ0) is 16.4. The van der Waals surface area contributed by atoms with Gasteiger partial charge in [0.15, 0.2) is 5.65 Å². The highest BCUT2D eigenvalue weighted by atomic mass is 16.5. The topological polar surface area (TPSA) is 105 Å². The van der Waals surface area contributed by atoms with Crippen molar-refractivity contribution in [1.29, 1.82) is 0 Å². The highest BCUT2D eigenvalue weighted by Gasteiger charge is 2.11. The number of hydrogen-bond donors (Lipinski definition) is 3. The van der Waals surface area contributed by atoms with Crippen molar-refractivity contribution in [2.45, 2.75) is 6.54 Å². The van der Waals surface area contributed by atoms with Crippen LogP contribution >= 0.6 is 0 Å². The summed E-state index contributed by atoms with van der Waals surface area (Å²) in [7, 11) is 0. The lowest BCUT2D eigenvalue weighted by Gasteiger charge is -2.28. The third-order valence-corrected chi connectivity index (χ3v) is 4.10. The molecule has 4 N–H and O–H groups in total. The van der Waals surface area contributed by atoms with Crippen LogP contribution in [0, 0.1) is 0 Å². The van der Waals surface area contributed by atoms with Crippen LogP contribution in [0.5, 0.6) is 0 Å². The molecule has 0 atom stereocenters. The van der Waals surface area contributed by atoms with Crippen LogP contribution in [0.3, 0.4) is 0 Å². The molecule has 1 aliphatic heterocycles. The molecule has 4 rings (SSSR count). The molecule has 1 saturated heterocycles. The number of anilines is 3. The van der Waals surface area contributed by atoms with Gasteiger partial charge in [-0.05, 0) is 17.7 Å². The van der Waals surface area contributed by atoms with Crippen molar-refractivity contribution in [1.82, 2.24) is 20.2 Å². The van der Waals surface area contributed by atoms with Gasteiger partial charge in [0, 0.05) is 25.3 Å². The molecule has 124 valence electrons. The van der Waals surface area contributed by atoms with Crippen molar-refractivity contribution in [3.8, 4) is 0 Å². The summed E-state index contributed by atoms with van der Waals surface area (Å²) in [5, 5.41) is 10.9. The van der Waals surface area contributed by atoms with Gasteiger partial charge in [-0.15, -0.1) is 0 Å². The lowest BCUT2D eigenvalue weighted by Crippen LogP contribution is -2.36. The molecule has 1 aliphatic rings. The number of ether oxygens (including phenoxy) is 1. The number of morpholine rings is 1. The van der Waals surface area contributed by atoms with Crippen LogP contribution in [0.4, 0.5) is 17.5 Å². The van der Waals surface area contributed by atoms with Crippen LogP contribution < -0.4 is 16.0 Å². The summed E-state index contributed by atoms with van der Waals surface area (Å²) >= 11 is 0. The normalized spacial score (nSPS) is 14.9. The number of aromatic amines is 1. The van der Waals surface area contributed by atoms with Gasteiger partial charge in [0.05, 0.1) is 24.8 Å². The van der Waals surface area contributed by atoms with Crippen molar-refractivity contribution in [2.24, 2.45) is 0 Å². The molecular weight excluding hydrogens is 306 g/mol. The number of H-pyrrole nitrogens is 1. The third-order valence-electron chi connectivity index (χ3n) is 4.10. The number of rotatable bonds is 4. The maximum atomic E-state index is 5.73. The molecular formula is C16H19N7O. The quantitative estimate of drug-likeness (QED) is 0.665. The molecule has 3 aromatic rings. The van der Waals surface area contributed by atoms with E-state index < -0.39 is 0 Å². The van der Waals surface area contributed by atoms with Gasteiger partial charge in [-0.1, -0.05) is 12.1 Å². The number of hydrogen-bond acceptors (Lipinski definition) is 7. The van der Waals surface area contributed by atoms with E-state index in [0.29, 0.717) is 18.0 Å². The largest absolute Gasteiger partial charge is 0.378 e. The maximum absolute atomic E-state index is 5.73. The van der Waals surface area contributed by atoms with Gasteiger partial charge < -0.3 is 20.7 Å². The number of nitrogen functional groups attached to an aromatic ring is 1. The van der Waals surface area contributed by atoms with Gasteiger partial charge in [0.2, 0.25) is 5.95 Å². The number of fused-ring (bicyclic) bond motifs is 1. The molecule has 0 unspecified atom stereocenters. The smallest absolute Gasteiger partial charge is 0.224 e. The van der Waals surface area contributed by atoms with Crippen LogP contribution in [0.15, 0.2) is 30.5 Å². The van der Waals surface area contributed by atoms with E-state index in [9.17, 15) is 0 Å². The van der Waals surface area contributed by atoms with Crippen LogP contribution in [-0.4, -0.2) is 46.5 Å². The molecule has 0 saturated carbocycles. The van der Waals surface area contributed by atoms with Crippen molar-refractivity contribution in [3.05, 3.63) is 36.0 Å². The molecule has 3 heterocycles. The monoisotopic (exact) mass is 325 g/mol. The molecule has 0 aliphatic carbocycles. The molecule has 8 nitrogen and oxygen atoms in total. The number of aromatic nitrogens is 4. The zero-order valence-electron chi connectivity index (χ0n) is 13.2. The van der Waals surface area contributed by atoms with E-state index in [1.165, 1.54) is 11.3 Å². The van der Waals surface area contributed by atoms with E-state index in [1.807, 2.05) is 0 Å². The summed E-state index contributed by atoms with van der Waals surface area (Å²) in [5.74, 6) is 0.903. The summed E-state index contributed by atoms with van der Waals surface area (Å²) in [6, 6.07) is 8.53. The van der Waals surface area contributed by atoms with Crippen molar-refractivity contribution < 1.29 is 4.74 Å². The van der Waals surface area contributed by atoms with E-state index >= 15 is 0 Å². The second-order valence-corrected chi connectivity index (χ2v) is 5.68. The van der Waals surface area contributed by atoms with E-state index in [4.69, 9.17) is 10.5 Å². The minimum absolute atomic E-state index is 0.219. The Morgan fingerprint density at radius 2 is 1.96 bits per heavy atom. The van der Waals surface area contributed by atoms with Gasteiger partial charge in [-0.3, -0.25) is 5.10 Å². The van der Waals surface area contributed by atoms with Crippen molar-refractivity contribution in [3.63, 3.8) is 0 Å². The van der Waals surface area contributed by atoms with Gasteiger partial charge in [0.1, 0.15) is 5.82 Å². The van der Waals surface area contributed by atoms with Crippen molar-refractivity contribution in [2.75, 3.05) is 42.3 Å². The predicted octanol–water partition coefficient (Wildman–Crippen LogP) is 1.38. The first-order valence-corrected chi connectivity index (χ1v) is 7.92. The second-order valence-electron chi connectivity index (χ2n) is 5.68. The summed E-state index contributed by atoms with van der Waals surface area (Å²) in [6.07, 6.45) is 1.69. The summed E-state index contributed by atoms with van der Waals surface area (Å²) in [6.45, 7) is 4.12. The SMILES string of the molecule is Nc1nc(NCc2ccc(N3CCOCC3)cc2)c2cn[nH]c2n1. The number of nitrogens with zero attached hydrogens (tertiary/aromatic N) is 4. The van der Waals surface area contributed by atoms with Crippen LogP contribution in [0.1, 0.15) is 5.56 Å². The summed E-state index contributed by atoms with van der Waals surface area (Å²) < 4.78 is 5.39. The minimum atomic E-state index is 0.219. The minimum Gasteiger partial charge on any atom is -0.378 e. The Morgan fingerprint density at radius 3 is 2.75 bits per heavy atom. The molecule has 8 heteroatoms. The van der Waals surface area contributed by atoms with Gasteiger partial charge >= 0.3 is 0 Å². The lowest BCUT2D eigenvalue weighted by atomic mass is 10.2. The molecule has 0 radical (unpaired) electrons. The van der Waals surface area contributed by atoms with E-state index in [1.54, 1.807) is 6.20 Å². The van der Waals surface area contributed by atoms with E-state index in [-0.39, 0.29) is 5.95 Å². The molecule has 1 aromatic carbocycles. The first kappa shape index (κ1) is 14.7. The van der Waals surface area contributed by atoms with Crippen molar-refractivity contribution >= 4 is 28.5 Å². The highest BCUT2D eigenvalue weighted by molar-refractivity contribution is 5.86. The molecule has 0 bridgehead atoms. The second kappa shape index (κ2) is 6.32. The summed E-state index contributed by atoms with van der Waals surface area (Å²) in [5.41, 5.74) is 8.76. The van der Waals surface area contributed by atoms with Crippen LogP contribution in [0.2, 0.25) is 0 Å². The standard InChI is InChI=1S/C16H19N7O/c17-16-20-14(13-10-19-22-15(13)21-16)18-9-11-1-3-12(4-2-11)23-5-7-24-8-6-23/h1-4,10H,5-9H2,(H4,17,18,19,20,21,22). The average molecular weight is 325 g/mol. The third kappa shape index (κ3) is 2.95. The fourth-order valence-corrected chi connectivity index (χ4v) is 2.82. The molecule has 1 fully saturated rings. The van der Waals surface area contributed by atoms with E-state index in [0.717, 1.165) is 31.7 Å². The summed E-state index contributed by atoms with van der Waals surface area (Å²) in [4.78, 5) is 10.7. The Labute approximate surface area is 139 Å². The Morgan fingerprint density at radius 1 is 1.17 bits per heavy atom. The zero-order valence-corrected chi connectivity index (χ0v) is 13.2. The van der Waals surface area contributed by atoms with Gasteiger partial charge in [-0.2, -0.15) is 15.1 Å². The maximum Gasteiger partial charge on any atom is 0.224 e. The Kier molecular flexibility index (Phi) is 3.87. The number of nitrogens with two attached hydrogens (primary N) is 1. The highest BCUT2D eigenvalue weighted by Crippen LogP contribution is 2.21. The van der Waals surface area contributed by atoms with Gasteiger partial charge in [0.25, 0.3) is 0 Å². The lowest BCUT2D eigenvalue weighted by molar-refractivity contribution is 0.122. The molecule has 2 aromatic heterocycles. The van der Waals surface area contributed by atoms with Gasteiger partial charge in [-0.25, -0.2) is 0 Å². The Hall–Kier alpha value is -2.87.